The summed E-state index contributed by atoms with van der Waals surface area (Å²) in [5.41, 5.74) is 3.03. The molecule has 0 atom stereocenters. The maximum atomic E-state index is 10.1. The van der Waals surface area contributed by atoms with Crippen LogP contribution >= 0.6 is 11.6 Å². The second kappa shape index (κ2) is 7.38. The van der Waals surface area contributed by atoms with Gasteiger partial charge < -0.3 is 20.3 Å². The van der Waals surface area contributed by atoms with Crippen molar-refractivity contribution in [2.45, 2.75) is 27.0 Å². The number of aromatic hydroxyl groups is 1. The fourth-order valence-electron chi connectivity index (χ4n) is 2.25. The second-order valence-electron chi connectivity index (χ2n) is 5.00. The largest absolute Gasteiger partial charge is 0.507 e. The van der Waals surface area contributed by atoms with E-state index in [2.05, 4.69) is 5.32 Å². The SMILES string of the molecule is CCOc1ccc(NCc2cc(Cl)cc(C)c2O)cc1CO. The van der Waals surface area contributed by atoms with Crippen LogP contribution in [0.2, 0.25) is 5.02 Å². The number of anilines is 1. The molecule has 0 heterocycles. The number of nitrogens with one attached hydrogen (secondary N) is 1. The Balaban J connectivity index is 2.15. The summed E-state index contributed by atoms with van der Waals surface area (Å²) in [6.45, 7) is 4.61. The first-order valence-electron chi connectivity index (χ1n) is 7.13. The molecular weight excluding hydrogens is 302 g/mol. The molecule has 118 valence electrons. The van der Waals surface area contributed by atoms with Crippen molar-refractivity contribution < 1.29 is 14.9 Å². The zero-order valence-corrected chi connectivity index (χ0v) is 13.4. The molecule has 0 aliphatic heterocycles. The summed E-state index contributed by atoms with van der Waals surface area (Å²) in [7, 11) is 0. The molecule has 0 radical (unpaired) electrons. The van der Waals surface area contributed by atoms with E-state index in [-0.39, 0.29) is 12.4 Å². The van der Waals surface area contributed by atoms with Gasteiger partial charge in [0.1, 0.15) is 11.5 Å². The van der Waals surface area contributed by atoms with E-state index in [1.54, 1.807) is 12.1 Å². The second-order valence-corrected chi connectivity index (χ2v) is 5.43. The molecule has 4 nitrogen and oxygen atoms in total. The number of phenols is 1. The van der Waals surface area contributed by atoms with E-state index >= 15 is 0 Å². The van der Waals surface area contributed by atoms with Crippen LogP contribution in [-0.2, 0) is 13.2 Å². The molecule has 3 N–H and O–H groups in total. The van der Waals surface area contributed by atoms with Crippen LogP contribution in [-0.4, -0.2) is 16.8 Å². The van der Waals surface area contributed by atoms with Crippen LogP contribution in [0.3, 0.4) is 0 Å². The number of aliphatic hydroxyl groups is 1. The van der Waals surface area contributed by atoms with Crippen molar-refractivity contribution in [2.75, 3.05) is 11.9 Å². The Morgan fingerprint density at radius 3 is 2.64 bits per heavy atom. The van der Waals surface area contributed by atoms with Crippen LogP contribution in [0.1, 0.15) is 23.6 Å². The van der Waals surface area contributed by atoms with Gasteiger partial charge in [-0.1, -0.05) is 11.6 Å². The topological polar surface area (TPSA) is 61.7 Å². The summed E-state index contributed by atoms with van der Waals surface area (Å²) in [4.78, 5) is 0. The fourth-order valence-corrected chi connectivity index (χ4v) is 2.54. The van der Waals surface area contributed by atoms with Gasteiger partial charge in [-0.25, -0.2) is 0 Å². The maximum Gasteiger partial charge on any atom is 0.124 e. The zero-order chi connectivity index (χ0) is 16.1. The molecule has 0 bridgehead atoms. The van der Waals surface area contributed by atoms with Gasteiger partial charge >= 0.3 is 0 Å². The van der Waals surface area contributed by atoms with Gasteiger partial charge in [0.25, 0.3) is 0 Å². The molecule has 0 aromatic heterocycles. The highest BCUT2D eigenvalue weighted by atomic mass is 35.5. The third-order valence-electron chi connectivity index (χ3n) is 3.36. The standard InChI is InChI=1S/C17H20ClNO3/c1-3-22-16-5-4-15(8-13(16)10-20)19-9-12-7-14(18)6-11(2)17(12)21/h4-8,19-21H,3,9-10H2,1-2H3. The minimum atomic E-state index is -0.0909. The summed E-state index contributed by atoms with van der Waals surface area (Å²) in [6.07, 6.45) is 0. The number of halogens is 1. The van der Waals surface area contributed by atoms with Crippen LogP contribution in [0.25, 0.3) is 0 Å². The highest BCUT2D eigenvalue weighted by molar-refractivity contribution is 6.30. The number of hydrogen-bond donors (Lipinski definition) is 3. The molecule has 2 aromatic rings. The number of benzene rings is 2. The minimum absolute atomic E-state index is 0.0909. The summed E-state index contributed by atoms with van der Waals surface area (Å²) >= 11 is 6.02. The van der Waals surface area contributed by atoms with Gasteiger partial charge in [0.05, 0.1) is 13.2 Å². The minimum Gasteiger partial charge on any atom is -0.507 e. The summed E-state index contributed by atoms with van der Waals surface area (Å²) in [5, 5.41) is 23.3. The lowest BCUT2D eigenvalue weighted by atomic mass is 10.1. The molecule has 0 unspecified atom stereocenters. The van der Waals surface area contributed by atoms with Crippen molar-refractivity contribution in [1.29, 1.82) is 0 Å². The maximum absolute atomic E-state index is 10.1. The Hall–Kier alpha value is -1.91. The van der Waals surface area contributed by atoms with Gasteiger partial charge in [-0.15, -0.1) is 0 Å². The fraction of sp³-hybridized carbons (Fsp3) is 0.294. The number of aliphatic hydroxyl groups excluding tert-OH is 1. The molecule has 5 heteroatoms. The predicted octanol–water partition coefficient (Wildman–Crippen LogP) is 3.86. The van der Waals surface area contributed by atoms with Crippen LogP contribution < -0.4 is 10.1 Å². The van der Waals surface area contributed by atoms with Crippen molar-refractivity contribution in [1.82, 2.24) is 0 Å². The average molecular weight is 322 g/mol. The lowest BCUT2D eigenvalue weighted by molar-refractivity contribution is 0.267. The quantitative estimate of drug-likeness (QED) is 0.756. The van der Waals surface area contributed by atoms with Crippen molar-refractivity contribution in [3.63, 3.8) is 0 Å². The van der Waals surface area contributed by atoms with Crippen LogP contribution in [0.5, 0.6) is 11.5 Å². The van der Waals surface area contributed by atoms with Crippen LogP contribution in [0, 0.1) is 6.92 Å². The molecule has 0 saturated carbocycles. The Kier molecular flexibility index (Phi) is 5.52. The van der Waals surface area contributed by atoms with E-state index in [1.165, 1.54) is 0 Å². The van der Waals surface area contributed by atoms with E-state index in [9.17, 15) is 10.2 Å². The molecule has 0 saturated heterocycles. The number of rotatable bonds is 6. The monoisotopic (exact) mass is 321 g/mol. The molecule has 0 aliphatic carbocycles. The Bertz CT molecular complexity index is 659. The van der Waals surface area contributed by atoms with Gasteiger partial charge in [-0.3, -0.25) is 0 Å². The molecular formula is C17H20ClNO3. The number of hydrogen-bond acceptors (Lipinski definition) is 4. The summed E-state index contributed by atoms with van der Waals surface area (Å²) in [6, 6.07) is 8.98. The summed E-state index contributed by atoms with van der Waals surface area (Å²) in [5.74, 6) is 0.919. The van der Waals surface area contributed by atoms with Crippen molar-refractivity contribution in [2.24, 2.45) is 0 Å². The number of phenolic OH excluding ortho intramolecular Hbond substituents is 1. The Morgan fingerprint density at radius 1 is 1.18 bits per heavy atom. The highest BCUT2D eigenvalue weighted by Gasteiger charge is 2.08. The third kappa shape index (κ3) is 3.84. The van der Waals surface area contributed by atoms with Gasteiger partial charge in [0, 0.05) is 28.4 Å². The first kappa shape index (κ1) is 16.5. The van der Waals surface area contributed by atoms with E-state index < -0.39 is 0 Å². The van der Waals surface area contributed by atoms with Crippen LogP contribution in [0.15, 0.2) is 30.3 Å². The number of ether oxygens (including phenoxy) is 1. The predicted molar refractivity (Wildman–Crippen MR) is 88.7 cm³/mol. The molecule has 2 rings (SSSR count). The van der Waals surface area contributed by atoms with E-state index in [1.807, 2.05) is 32.0 Å². The van der Waals surface area contributed by atoms with Crippen molar-refractivity contribution in [3.05, 3.63) is 52.0 Å². The first-order valence-corrected chi connectivity index (χ1v) is 7.51. The smallest absolute Gasteiger partial charge is 0.124 e. The molecule has 0 spiro atoms. The number of aryl methyl sites for hydroxylation is 1. The van der Waals surface area contributed by atoms with Gasteiger partial charge in [-0.05, 0) is 49.7 Å². The highest BCUT2D eigenvalue weighted by Crippen LogP contribution is 2.28. The first-order chi connectivity index (χ1) is 10.5. The molecule has 0 fully saturated rings. The van der Waals surface area contributed by atoms with Gasteiger partial charge in [-0.2, -0.15) is 0 Å². The molecule has 22 heavy (non-hydrogen) atoms. The Morgan fingerprint density at radius 2 is 1.95 bits per heavy atom. The molecule has 2 aromatic carbocycles. The average Bonchev–Trinajstić information content (AvgIpc) is 2.50. The summed E-state index contributed by atoms with van der Waals surface area (Å²) < 4.78 is 5.45. The van der Waals surface area contributed by atoms with E-state index in [4.69, 9.17) is 16.3 Å². The van der Waals surface area contributed by atoms with Crippen molar-refractivity contribution in [3.8, 4) is 11.5 Å². The van der Waals surface area contributed by atoms with Gasteiger partial charge in [0.2, 0.25) is 0 Å². The van der Waals surface area contributed by atoms with Crippen LogP contribution in [0.4, 0.5) is 5.69 Å². The third-order valence-corrected chi connectivity index (χ3v) is 3.58. The molecule has 0 amide bonds. The van der Waals surface area contributed by atoms with E-state index in [0.29, 0.717) is 23.9 Å². The van der Waals surface area contributed by atoms with Crippen molar-refractivity contribution >= 4 is 17.3 Å². The molecule has 0 aliphatic rings. The normalized spacial score (nSPS) is 10.5. The Labute approximate surface area is 135 Å². The lowest BCUT2D eigenvalue weighted by Crippen LogP contribution is -2.02. The van der Waals surface area contributed by atoms with E-state index in [0.717, 1.165) is 22.4 Å². The van der Waals surface area contributed by atoms with Gasteiger partial charge in [0.15, 0.2) is 0 Å². The lowest BCUT2D eigenvalue weighted by Gasteiger charge is -2.13. The zero-order valence-electron chi connectivity index (χ0n) is 12.7.